The van der Waals surface area contributed by atoms with E-state index < -0.39 is 0 Å². The van der Waals surface area contributed by atoms with E-state index in [1.165, 1.54) is 18.4 Å². The zero-order chi connectivity index (χ0) is 17.9. The van der Waals surface area contributed by atoms with Gasteiger partial charge in [-0.15, -0.1) is 0 Å². The molecule has 0 radical (unpaired) electrons. The maximum absolute atomic E-state index is 11.0. The van der Waals surface area contributed by atoms with Crippen molar-refractivity contribution in [3.8, 4) is 0 Å². The van der Waals surface area contributed by atoms with E-state index in [1.807, 2.05) is 0 Å². The second-order valence-corrected chi connectivity index (χ2v) is 11.8. The predicted octanol–water partition coefficient (Wildman–Crippen LogP) is 5.06. The Morgan fingerprint density at radius 1 is 1.29 bits per heavy atom. The molecule has 2 N–H and O–H groups in total. The zero-order valence-electron chi connectivity index (χ0n) is 15.4. The second-order valence-electron chi connectivity index (χ2n) is 9.58. The van der Waals surface area contributed by atoms with Gasteiger partial charge in [-0.3, -0.25) is 0 Å². The second kappa shape index (κ2) is 6.35. The molecule has 0 amide bonds. The number of aliphatic hydroxyl groups is 2. The van der Waals surface area contributed by atoms with Crippen molar-refractivity contribution in [3.63, 3.8) is 0 Å². The maximum Gasteiger partial charge on any atom is 0.0609 e. The third kappa shape index (κ3) is 2.78. The average Bonchev–Trinajstić information content (AvgIpc) is 2.53. The van der Waals surface area contributed by atoms with Crippen LogP contribution in [0, 0.1) is 28.1 Å². The minimum Gasteiger partial charge on any atom is -0.395 e. The highest BCUT2D eigenvalue weighted by Crippen LogP contribution is 2.64. The van der Waals surface area contributed by atoms with Crippen LogP contribution in [-0.4, -0.2) is 32.6 Å². The van der Waals surface area contributed by atoms with Gasteiger partial charge in [-0.2, -0.15) is 0 Å². The number of rotatable bonds is 2. The summed E-state index contributed by atoms with van der Waals surface area (Å²) in [5.41, 5.74) is 1.94. The summed E-state index contributed by atoms with van der Waals surface area (Å²) in [6, 6.07) is 0. The van der Waals surface area contributed by atoms with Gasteiger partial charge in [0.25, 0.3) is 0 Å². The quantitative estimate of drug-likeness (QED) is 0.444. The molecule has 0 saturated heterocycles. The highest BCUT2D eigenvalue weighted by molar-refractivity contribution is 9.09. The SMILES string of the molecule is CC1(C)C2C[C@H](O)[C@H]3C[C@](C)(C(Br)CO)CC=C3[C@@]2(C)CC[C@@H]1Br. The lowest BCUT2D eigenvalue weighted by molar-refractivity contribution is -0.0693. The zero-order valence-corrected chi connectivity index (χ0v) is 18.5. The lowest BCUT2D eigenvalue weighted by Crippen LogP contribution is -2.56. The molecule has 2 fully saturated rings. The van der Waals surface area contributed by atoms with Crippen molar-refractivity contribution >= 4 is 31.9 Å². The van der Waals surface area contributed by atoms with Crippen LogP contribution in [0.15, 0.2) is 11.6 Å². The van der Waals surface area contributed by atoms with Crippen LogP contribution >= 0.6 is 31.9 Å². The summed E-state index contributed by atoms with van der Waals surface area (Å²) >= 11 is 7.59. The summed E-state index contributed by atoms with van der Waals surface area (Å²) < 4.78 is 0. The first-order valence-corrected chi connectivity index (χ1v) is 11.2. The fourth-order valence-electron chi connectivity index (χ4n) is 5.99. The third-order valence-corrected chi connectivity index (χ3v) is 10.8. The molecule has 0 bridgehead atoms. The standard InChI is InChI=1S/C20H32Br2O2/c1-18(2)15-9-14(24)12-10-19(3,17(22)11-23)7-5-13(12)20(15,4)8-6-16(18)21/h5,12,14-17,23-24H,6-11H2,1-4H3/t12-,14-,15?,16-,17?,19+,20+/m0/s1. The molecule has 3 aliphatic rings. The van der Waals surface area contributed by atoms with Gasteiger partial charge in [0.2, 0.25) is 0 Å². The molecular formula is C20H32Br2O2. The van der Waals surface area contributed by atoms with Crippen LogP contribution < -0.4 is 0 Å². The fraction of sp³-hybridized carbons (Fsp3) is 0.900. The third-order valence-electron chi connectivity index (χ3n) is 7.78. The average molecular weight is 464 g/mol. The van der Waals surface area contributed by atoms with Crippen LogP contribution in [0.1, 0.15) is 59.8 Å². The number of alkyl halides is 2. The minimum absolute atomic E-state index is 0.0231. The van der Waals surface area contributed by atoms with Crippen molar-refractivity contribution in [1.82, 2.24) is 0 Å². The van der Waals surface area contributed by atoms with Crippen LogP contribution in [0.5, 0.6) is 0 Å². The molecule has 0 aromatic heterocycles. The molecule has 138 valence electrons. The van der Waals surface area contributed by atoms with Crippen LogP contribution in [-0.2, 0) is 0 Å². The van der Waals surface area contributed by atoms with Crippen LogP contribution in [0.4, 0.5) is 0 Å². The molecule has 0 aromatic carbocycles. The molecule has 2 nitrogen and oxygen atoms in total. The molecule has 2 unspecified atom stereocenters. The predicted molar refractivity (Wildman–Crippen MR) is 107 cm³/mol. The number of hydrogen-bond donors (Lipinski definition) is 2. The van der Waals surface area contributed by atoms with E-state index in [-0.39, 0.29) is 39.7 Å². The Kier molecular flexibility index (Phi) is 5.13. The first kappa shape index (κ1) is 19.4. The highest BCUT2D eigenvalue weighted by Gasteiger charge is 2.58. The van der Waals surface area contributed by atoms with Gasteiger partial charge in [-0.1, -0.05) is 71.2 Å². The topological polar surface area (TPSA) is 40.5 Å². The lowest BCUT2D eigenvalue weighted by Gasteiger charge is -2.61. The summed E-state index contributed by atoms with van der Waals surface area (Å²) in [5.74, 6) is 0.766. The van der Waals surface area contributed by atoms with Crippen LogP contribution in [0.2, 0.25) is 0 Å². The summed E-state index contributed by atoms with van der Waals surface area (Å²) in [6.45, 7) is 9.59. The number of fused-ring (bicyclic) bond motifs is 3. The smallest absolute Gasteiger partial charge is 0.0609 e. The molecule has 0 aromatic rings. The normalized spacial score (nSPS) is 48.9. The van der Waals surface area contributed by atoms with Gasteiger partial charge in [-0.05, 0) is 54.3 Å². The molecule has 3 rings (SSSR count). The van der Waals surface area contributed by atoms with Crippen molar-refractivity contribution in [2.75, 3.05) is 6.61 Å². The Hall–Kier alpha value is 0.620. The molecule has 7 atom stereocenters. The van der Waals surface area contributed by atoms with Crippen molar-refractivity contribution in [2.24, 2.45) is 28.1 Å². The van der Waals surface area contributed by atoms with Gasteiger partial charge in [0.15, 0.2) is 0 Å². The van der Waals surface area contributed by atoms with Crippen molar-refractivity contribution in [3.05, 3.63) is 11.6 Å². The lowest BCUT2D eigenvalue weighted by atomic mass is 9.45. The van der Waals surface area contributed by atoms with Gasteiger partial charge < -0.3 is 10.2 Å². The van der Waals surface area contributed by atoms with Crippen LogP contribution in [0.3, 0.4) is 0 Å². The molecule has 24 heavy (non-hydrogen) atoms. The Bertz CT molecular complexity index is 532. The van der Waals surface area contributed by atoms with Gasteiger partial charge in [0.1, 0.15) is 0 Å². The van der Waals surface area contributed by atoms with E-state index in [2.05, 4.69) is 65.6 Å². The van der Waals surface area contributed by atoms with E-state index in [0.717, 1.165) is 19.3 Å². The molecule has 0 aliphatic heterocycles. The van der Waals surface area contributed by atoms with Crippen LogP contribution in [0.25, 0.3) is 0 Å². The van der Waals surface area contributed by atoms with E-state index in [1.54, 1.807) is 0 Å². The number of allylic oxidation sites excluding steroid dienone is 1. The molecule has 0 heterocycles. The Morgan fingerprint density at radius 2 is 1.96 bits per heavy atom. The fourth-order valence-corrected chi connectivity index (χ4v) is 6.92. The minimum atomic E-state index is -0.260. The number of halogens is 2. The van der Waals surface area contributed by atoms with E-state index in [4.69, 9.17) is 0 Å². The van der Waals surface area contributed by atoms with Crippen molar-refractivity contribution < 1.29 is 10.2 Å². The van der Waals surface area contributed by atoms with E-state index in [9.17, 15) is 10.2 Å². The van der Waals surface area contributed by atoms with Gasteiger partial charge >= 0.3 is 0 Å². The highest BCUT2D eigenvalue weighted by atomic mass is 79.9. The Labute approximate surface area is 163 Å². The summed E-state index contributed by atoms with van der Waals surface area (Å²) in [4.78, 5) is 0.623. The summed E-state index contributed by atoms with van der Waals surface area (Å²) in [5, 5.41) is 20.6. The summed E-state index contributed by atoms with van der Waals surface area (Å²) in [6.07, 6.45) is 7.44. The molecule has 0 spiro atoms. The first-order chi connectivity index (χ1) is 11.1. The monoisotopic (exact) mass is 462 g/mol. The number of hydrogen-bond acceptors (Lipinski definition) is 2. The first-order valence-electron chi connectivity index (χ1n) is 9.34. The Balaban J connectivity index is 1.98. The molecule has 4 heteroatoms. The number of aliphatic hydroxyl groups excluding tert-OH is 2. The molecular weight excluding hydrogens is 432 g/mol. The van der Waals surface area contributed by atoms with Gasteiger partial charge in [0.05, 0.1) is 12.7 Å². The maximum atomic E-state index is 11.0. The van der Waals surface area contributed by atoms with Crippen molar-refractivity contribution in [1.29, 1.82) is 0 Å². The molecule has 3 aliphatic carbocycles. The van der Waals surface area contributed by atoms with Gasteiger partial charge in [-0.25, -0.2) is 0 Å². The summed E-state index contributed by atoms with van der Waals surface area (Å²) in [7, 11) is 0. The van der Waals surface area contributed by atoms with Crippen molar-refractivity contribution in [2.45, 2.75) is 75.6 Å². The van der Waals surface area contributed by atoms with Gasteiger partial charge in [0, 0.05) is 15.6 Å². The largest absolute Gasteiger partial charge is 0.395 e. The van der Waals surface area contributed by atoms with E-state index in [0.29, 0.717) is 10.7 Å². The molecule has 2 saturated carbocycles. The Morgan fingerprint density at radius 3 is 2.58 bits per heavy atom. The van der Waals surface area contributed by atoms with E-state index >= 15 is 0 Å².